The molecule has 2 aromatic rings. The van der Waals surface area contributed by atoms with Gasteiger partial charge in [-0.3, -0.25) is 14.9 Å². The van der Waals surface area contributed by atoms with Crippen LogP contribution in [0.25, 0.3) is 0 Å². The van der Waals surface area contributed by atoms with E-state index in [1.165, 1.54) is 0 Å². The highest BCUT2D eigenvalue weighted by molar-refractivity contribution is 6.05. The SMILES string of the molecule is Cc1ccc(C(C)C)c(OCC(=O)OCC(=O)NC(=O)c2ccccc2)c1. The summed E-state index contributed by atoms with van der Waals surface area (Å²) < 4.78 is 10.4. The first-order valence-corrected chi connectivity index (χ1v) is 8.65. The predicted molar refractivity (Wildman–Crippen MR) is 101 cm³/mol. The average Bonchev–Trinajstić information content (AvgIpc) is 2.65. The smallest absolute Gasteiger partial charge is 0.344 e. The molecule has 2 aromatic carbocycles. The number of nitrogens with one attached hydrogen (secondary N) is 1. The molecular weight excluding hydrogens is 346 g/mol. The Hall–Kier alpha value is -3.15. The van der Waals surface area contributed by atoms with Gasteiger partial charge in [0, 0.05) is 5.56 Å². The number of imide groups is 1. The van der Waals surface area contributed by atoms with Crippen molar-refractivity contribution in [2.45, 2.75) is 26.7 Å². The molecule has 0 radical (unpaired) electrons. The lowest BCUT2D eigenvalue weighted by Crippen LogP contribution is -2.34. The minimum atomic E-state index is -0.698. The molecule has 0 saturated heterocycles. The van der Waals surface area contributed by atoms with Crippen LogP contribution in [0.4, 0.5) is 0 Å². The van der Waals surface area contributed by atoms with E-state index in [2.05, 4.69) is 5.32 Å². The van der Waals surface area contributed by atoms with Crippen LogP contribution in [0, 0.1) is 6.92 Å². The van der Waals surface area contributed by atoms with E-state index in [9.17, 15) is 14.4 Å². The summed E-state index contributed by atoms with van der Waals surface area (Å²) in [5, 5.41) is 2.16. The molecule has 0 spiro atoms. The maximum atomic E-state index is 11.8. The van der Waals surface area contributed by atoms with Crippen molar-refractivity contribution in [2.24, 2.45) is 0 Å². The van der Waals surface area contributed by atoms with Gasteiger partial charge in [0.2, 0.25) is 0 Å². The lowest BCUT2D eigenvalue weighted by Gasteiger charge is -2.14. The molecule has 0 fully saturated rings. The fraction of sp³-hybridized carbons (Fsp3) is 0.286. The van der Waals surface area contributed by atoms with Crippen molar-refractivity contribution in [2.75, 3.05) is 13.2 Å². The van der Waals surface area contributed by atoms with Crippen molar-refractivity contribution in [3.8, 4) is 5.75 Å². The highest BCUT2D eigenvalue weighted by atomic mass is 16.6. The molecule has 0 aliphatic heterocycles. The molecule has 6 nitrogen and oxygen atoms in total. The Morgan fingerprint density at radius 1 is 1.00 bits per heavy atom. The molecule has 0 heterocycles. The lowest BCUT2D eigenvalue weighted by atomic mass is 10.0. The zero-order valence-electron chi connectivity index (χ0n) is 15.7. The number of carbonyl (C=O) groups is 3. The second kappa shape index (κ2) is 9.52. The van der Waals surface area contributed by atoms with Crippen LogP contribution in [0.15, 0.2) is 48.5 Å². The van der Waals surface area contributed by atoms with Crippen molar-refractivity contribution in [3.63, 3.8) is 0 Å². The fourth-order valence-electron chi connectivity index (χ4n) is 2.39. The number of amides is 2. The topological polar surface area (TPSA) is 81.7 Å². The minimum absolute atomic E-state index is 0.242. The second-order valence-corrected chi connectivity index (χ2v) is 6.39. The van der Waals surface area contributed by atoms with Crippen LogP contribution < -0.4 is 10.1 Å². The van der Waals surface area contributed by atoms with Crippen LogP contribution in [0.1, 0.15) is 41.3 Å². The number of hydrogen-bond acceptors (Lipinski definition) is 5. The summed E-state index contributed by atoms with van der Waals surface area (Å²) in [6, 6.07) is 14.1. The largest absolute Gasteiger partial charge is 0.482 e. The zero-order valence-corrected chi connectivity index (χ0v) is 15.7. The van der Waals surface area contributed by atoms with E-state index in [1.54, 1.807) is 30.3 Å². The normalized spacial score (nSPS) is 10.4. The van der Waals surface area contributed by atoms with Crippen LogP contribution in [-0.4, -0.2) is 31.0 Å². The molecule has 6 heteroatoms. The number of esters is 1. The van der Waals surface area contributed by atoms with Gasteiger partial charge in [0.1, 0.15) is 5.75 Å². The molecule has 0 bridgehead atoms. The molecule has 2 amide bonds. The first kappa shape index (κ1) is 20.2. The number of aryl methyl sites for hydroxylation is 1. The number of carbonyl (C=O) groups excluding carboxylic acids is 3. The van der Waals surface area contributed by atoms with Gasteiger partial charge in [-0.05, 0) is 42.2 Å². The van der Waals surface area contributed by atoms with Crippen LogP contribution in [-0.2, 0) is 14.3 Å². The summed E-state index contributed by atoms with van der Waals surface area (Å²) in [5.74, 6) is -1.07. The molecule has 0 atom stereocenters. The Morgan fingerprint density at radius 3 is 2.37 bits per heavy atom. The van der Waals surface area contributed by atoms with Crippen LogP contribution in [0.5, 0.6) is 5.75 Å². The molecule has 0 saturated carbocycles. The molecule has 2 rings (SSSR count). The number of ether oxygens (including phenoxy) is 2. The van der Waals surface area contributed by atoms with Crippen molar-refractivity contribution < 1.29 is 23.9 Å². The van der Waals surface area contributed by atoms with E-state index < -0.39 is 24.4 Å². The molecule has 0 unspecified atom stereocenters. The van der Waals surface area contributed by atoms with Gasteiger partial charge in [0.15, 0.2) is 13.2 Å². The summed E-state index contributed by atoms with van der Waals surface area (Å²) in [6.45, 7) is 5.13. The molecule has 0 aliphatic rings. The average molecular weight is 369 g/mol. The summed E-state index contributed by atoms with van der Waals surface area (Å²) in [4.78, 5) is 35.4. The summed E-state index contributed by atoms with van der Waals surface area (Å²) in [7, 11) is 0. The number of hydrogen-bond donors (Lipinski definition) is 1. The van der Waals surface area contributed by atoms with Crippen LogP contribution >= 0.6 is 0 Å². The third-order valence-corrected chi connectivity index (χ3v) is 3.79. The Labute approximate surface area is 158 Å². The van der Waals surface area contributed by atoms with Gasteiger partial charge in [-0.2, -0.15) is 0 Å². The van der Waals surface area contributed by atoms with Crippen molar-refractivity contribution >= 4 is 17.8 Å². The number of benzene rings is 2. The highest BCUT2D eigenvalue weighted by Gasteiger charge is 2.14. The molecular formula is C21H23NO5. The van der Waals surface area contributed by atoms with Gasteiger partial charge < -0.3 is 9.47 Å². The summed E-state index contributed by atoms with van der Waals surface area (Å²) >= 11 is 0. The molecule has 0 aliphatic carbocycles. The Balaban J connectivity index is 1.80. The quantitative estimate of drug-likeness (QED) is 0.759. The molecule has 0 aromatic heterocycles. The Morgan fingerprint density at radius 2 is 1.70 bits per heavy atom. The Bertz CT molecular complexity index is 815. The van der Waals surface area contributed by atoms with E-state index in [0.29, 0.717) is 11.3 Å². The lowest BCUT2D eigenvalue weighted by molar-refractivity contribution is -0.150. The van der Waals surface area contributed by atoms with Gasteiger partial charge in [0.05, 0.1) is 0 Å². The minimum Gasteiger partial charge on any atom is -0.482 e. The van der Waals surface area contributed by atoms with E-state index >= 15 is 0 Å². The van der Waals surface area contributed by atoms with Crippen LogP contribution in [0.3, 0.4) is 0 Å². The van der Waals surface area contributed by atoms with Crippen LogP contribution in [0.2, 0.25) is 0 Å². The van der Waals surface area contributed by atoms with Gasteiger partial charge in [-0.25, -0.2) is 4.79 Å². The van der Waals surface area contributed by atoms with Crippen molar-refractivity contribution in [1.29, 1.82) is 0 Å². The number of rotatable bonds is 7. The fourth-order valence-corrected chi connectivity index (χ4v) is 2.39. The second-order valence-electron chi connectivity index (χ2n) is 6.39. The first-order chi connectivity index (χ1) is 12.9. The van der Waals surface area contributed by atoms with E-state index in [4.69, 9.17) is 9.47 Å². The monoisotopic (exact) mass is 369 g/mol. The third kappa shape index (κ3) is 6.26. The first-order valence-electron chi connectivity index (χ1n) is 8.65. The molecule has 27 heavy (non-hydrogen) atoms. The van der Waals surface area contributed by atoms with Gasteiger partial charge in [0.25, 0.3) is 11.8 Å². The van der Waals surface area contributed by atoms with Crippen molar-refractivity contribution in [3.05, 3.63) is 65.2 Å². The van der Waals surface area contributed by atoms with E-state index in [1.807, 2.05) is 39.0 Å². The third-order valence-electron chi connectivity index (χ3n) is 3.79. The van der Waals surface area contributed by atoms with Gasteiger partial charge in [-0.1, -0.05) is 44.2 Å². The standard InChI is InChI=1S/C21H23NO5/c1-14(2)17-10-9-15(3)11-18(17)26-13-20(24)27-12-19(23)22-21(25)16-7-5-4-6-8-16/h4-11,14H,12-13H2,1-3H3,(H,22,23,25). The maximum absolute atomic E-state index is 11.8. The van der Waals surface area contributed by atoms with Gasteiger partial charge >= 0.3 is 5.97 Å². The Kier molecular flexibility index (Phi) is 7.11. The molecule has 1 N–H and O–H groups in total. The zero-order chi connectivity index (χ0) is 19.8. The highest BCUT2D eigenvalue weighted by Crippen LogP contribution is 2.27. The summed E-state index contributed by atoms with van der Waals surface area (Å²) in [6.07, 6.45) is 0. The maximum Gasteiger partial charge on any atom is 0.344 e. The van der Waals surface area contributed by atoms with E-state index in [-0.39, 0.29) is 12.5 Å². The molecule has 142 valence electrons. The predicted octanol–water partition coefficient (Wildman–Crippen LogP) is 3.00. The van der Waals surface area contributed by atoms with Gasteiger partial charge in [-0.15, -0.1) is 0 Å². The van der Waals surface area contributed by atoms with E-state index in [0.717, 1.165) is 11.1 Å². The van der Waals surface area contributed by atoms with Crippen molar-refractivity contribution in [1.82, 2.24) is 5.32 Å². The summed E-state index contributed by atoms with van der Waals surface area (Å²) in [5.41, 5.74) is 2.35.